The maximum absolute atomic E-state index is 12.8. The fourth-order valence-corrected chi connectivity index (χ4v) is 4.01. The maximum Gasteiger partial charge on any atom is 0.306 e. The maximum atomic E-state index is 12.8. The SMILES string of the molecule is Cc1ccc(CNc2ccc3c(c2)C(OC(C)C)C(OC(=O)CC(C)(C)C)C(C)(C)O3)cc1. The van der Waals surface area contributed by atoms with Crippen LogP contribution in [0.3, 0.4) is 0 Å². The molecule has 0 aliphatic carbocycles. The first-order valence-corrected chi connectivity index (χ1v) is 11.8. The highest BCUT2D eigenvalue weighted by Gasteiger charge is 2.48. The molecule has 5 heteroatoms. The van der Waals surface area contributed by atoms with Gasteiger partial charge in [-0.1, -0.05) is 50.6 Å². The molecule has 2 aromatic rings. The van der Waals surface area contributed by atoms with E-state index in [4.69, 9.17) is 14.2 Å². The van der Waals surface area contributed by atoms with Crippen molar-refractivity contribution in [1.82, 2.24) is 0 Å². The van der Waals surface area contributed by atoms with E-state index in [0.29, 0.717) is 13.0 Å². The summed E-state index contributed by atoms with van der Waals surface area (Å²) in [6, 6.07) is 14.5. The summed E-state index contributed by atoms with van der Waals surface area (Å²) in [4.78, 5) is 12.8. The summed E-state index contributed by atoms with van der Waals surface area (Å²) >= 11 is 0. The number of nitrogens with one attached hydrogen (secondary N) is 1. The third-order valence-electron chi connectivity index (χ3n) is 5.62. The molecule has 1 aliphatic heterocycles. The van der Waals surface area contributed by atoms with Crippen molar-refractivity contribution < 1.29 is 19.0 Å². The van der Waals surface area contributed by atoms with E-state index in [9.17, 15) is 4.79 Å². The van der Waals surface area contributed by atoms with Crippen LogP contribution >= 0.6 is 0 Å². The van der Waals surface area contributed by atoms with Gasteiger partial charge in [0, 0.05) is 17.8 Å². The van der Waals surface area contributed by atoms with Crippen molar-refractivity contribution in [2.45, 2.75) is 92.3 Å². The molecule has 0 saturated heterocycles. The number of esters is 1. The summed E-state index contributed by atoms with van der Waals surface area (Å²) < 4.78 is 18.7. The van der Waals surface area contributed by atoms with Crippen molar-refractivity contribution in [3.05, 3.63) is 59.2 Å². The average Bonchev–Trinajstić information content (AvgIpc) is 2.68. The van der Waals surface area contributed by atoms with Crippen molar-refractivity contribution in [1.29, 1.82) is 0 Å². The Labute approximate surface area is 198 Å². The van der Waals surface area contributed by atoms with Crippen molar-refractivity contribution in [2.75, 3.05) is 5.32 Å². The Morgan fingerprint density at radius 1 is 1.12 bits per heavy atom. The molecular weight excluding hydrogens is 414 g/mol. The molecule has 0 spiro atoms. The van der Waals surface area contributed by atoms with Crippen LogP contribution in [0.15, 0.2) is 42.5 Å². The number of hydrogen-bond acceptors (Lipinski definition) is 5. The Balaban J connectivity index is 1.87. The number of hydrogen-bond donors (Lipinski definition) is 1. The minimum atomic E-state index is -0.725. The Morgan fingerprint density at radius 3 is 2.39 bits per heavy atom. The van der Waals surface area contributed by atoms with Gasteiger partial charge in [-0.05, 0) is 63.8 Å². The molecule has 33 heavy (non-hydrogen) atoms. The van der Waals surface area contributed by atoms with Gasteiger partial charge in [-0.25, -0.2) is 0 Å². The molecule has 0 aromatic heterocycles. The van der Waals surface area contributed by atoms with Crippen LogP contribution < -0.4 is 10.1 Å². The van der Waals surface area contributed by atoms with Crippen LogP contribution in [0, 0.1) is 12.3 Å². The van der Waals surface area contributed by atoms with Gasteiger partial charge in [-0.15, -0.1) is 0 Å². The molecule has 0 amide bonds. The van der Waals surface area contributed by atoms with Gasteiger partial charge in [0.05, 0.1) is 12.5 Å². The zero-order chi connectivity index (χ0) is 24.4. The fourth-order valence-electron chi connectivity index (χ4n) is 4.01. The standard InChI is InChI=1S/C28H39NO4/c1-18(2)31-25-22-15-21(29-17-20-11-9-19(3)10-12-20)13-14-23(22)33-28(7,8)26(25)32-24(30)16-27(4,5)6/h9-15,18,25-26,29H,16-17H2,1-8H3. The van der Waals surface area contributed by atoms with Crippen LogP contribution in [0.4, 0.5) is 5.69 Å². The minimum Gasteiger partial charge on any atom is -0.483 e. The first-order valence-electron chi connectivity index (χ1n) is 11.8. The lowest BCUT2D eigenvalue weighted by Crippen LogP contribution is -2.52. The summed E-state index contributed by atoms with van der Waals surface area (Å²) in [5, 5.41) is 3.49. The molecule has 0 fully saturated rings. The Morgan fingerprint density at radius 2 is 1.79 bits per heavy atom. The summed E-state index contributed by atoms with van der Waals surface area (Å²) in [6.07, 6.45) is -0.688. The molecular formula is C28H39NO4. The van der Waals surface area contributed by atoms with Crippen molar-refractivity contribution in [3.63, 3.8) is 0 Å². The van der Waals surface area contributed by atoms with Crippen LogP contribution in [0.2, 0.25) is 0 Å². The second-order valence-electron chi connectivity index (χ2n) is 11.1. The van der Waals surface area contributed by atoms with Crippen molar-refractivity contribution >= 4 is 11.7 Å². The van der Waals surface area contributed by atoms with Crippen LogP contribution in [0.25, 0.3) is 0 Å². The molecule has 180 valence electrons. The van der Waals surface area contributed by atoms with E-state index in [1.807, 2.05) is 60.6 Å². The van der Waals surface area contributed by atoms with Gasteiger partial charge >= 0.3 is 5.97 Å². The highest BCUT2D eigenvalue weighted by molar-refractivity contribution is 5.70. The zero-order valence-electron chi connectivity index (χ0n) is 21.3. The number of aryl methyl sites for hydroxylation is 1. The monoisotopic (exact) mass is 453 g/mol. The summed E-state index contributed by atoms with van der Waals surface area (Å²) in [5.41, 5.74) is 3.43. The van der Waals surface area contributed by atoms with E-state index in [0.717, 1.165) is 17.0 Å². The summed E-state index contributed by atoms with van der Waals surface area (Å²) in [7, 11) is 0. The van der Waals surface area contributed by atoms with Gasteiger partial charge in [-0.2, -0.15) is 0 Å². The highest BCUT2D eigenvalue weighted by Crippen LogP contribution is 2.45. The Hall–Kier alpha value is -2.53. The van der Waals surface area contributed by atoms with Crippen LogP contribution in [-0.4, -0.2) is 23.8 Å². The third-order valence-corrected chi connectivity index (χ3v) is 5.62. The molecule has 2 aromatic carbocycles. The largest absolute Gasteiger partial charge is 0.483 e. The number of rotatable bonds is 7. The second-order valence-corrected chi connectivity index (χ2v) is 11.1. The molecule has 2 unspecified atom stereocenters. The minimum absolute atomic E-state index is 0.0373. The zero-order valence-corrected chi connectivity index (χ0v) is 21.3. The lowest BCUT2D eigenvalue weighted by molar-refractivity contribution is -0.190. The summed E-state index contributed by atoms with van der Waals surface area (Å²) in [6.45, 7) is 16.8. The van der Waals surface area contributed by atoms with E-state index in [2.05, 4.69) is 42.6 Å². The highest BCUT2D eigenvalue weighted by atomic mass is 16.6. The second kappa shape index (κ2) is 9.76. The smallest absolute Gasteiger partial charge is 0.306 e. The number of carbonyl (C=O) groups excluding carboxylic acids is 1. The molecule has 0 bridgehead atoms. The topological polar surface area (TPSA) is 56.8 Å². The molecule has 3 rings (SSSR count). The molecule has 2 atom stereocenters. The third kappa shape index (κ3) is 6.73. The average molecular weight is 454 g/mol. The molecule has 1 N–H and O–H groups in total. The first-order chi connectivity index (χ1) is 15.3. The van der Waals surface area contributed by atoms with E-state index in [1.54, 1.807) is 0 Å². The molecule has 0 saturated carbocycles. The van der Waals surface area contributed by atoms with E-state index in [1.165, 1.54) is 11.1 Å². The van der Waals surface area contributed by atoms with Gasteiger partial charge in [-0.3, -0.25) is 4.79 Å². The molecule has 1 aliphatic rings. The van der Waals surface area contributed by atoms with E-state index in [-0.39, 0.29) is 17.5 Å². The van der Waals surface area contributed by atoms with Gasteiger partial charge in [0.15, 0.2) is 6.10 Å². The quantitative estimate of drug-likeness (QED) is 0.479. The van der Waals surface area contributed by atoms with Crippen LogP contribution in [0.1, 0.15) is 77.7 Å². The number of benzene rings is 2. The summed E-state index contributed by atoms with van der Waals surface area (Å²) in [5.74, 6) is 0.522. The Bertz CT molecular complexity index is 957. The number of carbonyl (C=O) groups is 1. The molecule has 5 nitrogen and oxygen atoms in total. The first kappa shape index (κ1) is 25.1. The number of fused-ring (bicyclic) bond motifs is 1. The molecule has 0 radical (unpaired) electrons. The van der Waals surface area contributed by atoms with Gasteiger partial charge in [0.1, 0.15) is 17.5 Å². The fraction of sp³-hybridized carbons (Fsp3) is 0.536. The van der Waals surface area contributed by atoms with Crippen LogP contribution in [0.5, 0.6) is 5.75 Å². The Kier molecular flexibility index (Phi) is 7.42. The predicted octanol–water partition coefficient (Wildman–Crippen LogP) is 6.59. The normalized spacial score (nSPS) is 19.5. The number of ether oxygens (including phenoxy) is 3. The van der Waals surface area contributed by atoms with E-state index >= 15 is 0 Å². The van der Waals surface area contributed by atoms with Gasteiger partial charge < -0.3 is 19.5 Å². The van der Waals surface area contributed by atoms with Crippen molar-refractivity contribution in [3.8, 4) is 5.75 Å². The number of anilines is 1. The molecule has 1 heterocycles. The lowest BCUT2D eigenvalue weighted by Gasteiger charge is -2.44. The van der Waals surface area contributed by atoms with Gasteiger partial charge in [0.25, 0.3) is 0 Å². The van der Waals surface area contributed by atoms with Gasteiger partial charge in [0.2, 0.25) is 0 Å². The van der Waals surface area contributed by atoms with Crippen LogP contribution in [-0.2, 0) is 20.8 Å². The lowest BCUT2D eigenvalue weighted by atomic mass is 9.87. The predicted molar refractivity (Wildman–Crippen MR) is 133 cm³/mol. The van der Waals surface area contributed by atoms with E-state index < -0.39 is 17.8 Å². The van der Waals surface area contributed by atoms with Crippen molar-refractivity contribution in [2.24, 2.45) is 5.41 Å².